The standard InChI is InChI=1S/C15H19N3O3S/c1-10-15(11(2)17-16-10)22(19,20)18-9-8-14(21-3)12-6-4-5-7-13(12)18/h4-7,14H,8-9H2,1-3H3,(H,16,17). The van der Waals surface area contributed by atoms with Crippen LogP contribution < -0.4 is 4.31 Å². The molecule has 1 aromatic heterocycles. The fraction of sp³-hybridized carbons (Fsp3) is 0.400. The van der Waals surface area contributed by atoms with Crippen LogP contribution in [0.25, 0.3) is 0 Å². The summed E-state index contributed by atoms with van der Waals surface area (Å²) < 4.78 is 33.1. The fourth-order valence-electron chi connectivity index (χ4n) is 3.02. The highest BCUT2D eigenvalue weighted by atomic mass is 32.2. The van der Waals surface area contributed by atoms with Crippen molar-refractivity contribution < 1.29 is 13.2 Å². The maximum Gasteiger partial charge on any atom is 0.267 e. The van der Waals surface area contributed by atoms with Crippen LogP contribution in [0.1, 0.15) is 29.5 Å². The molecule has 22 heavy (non-hydrogen) atoms. The summed E-state index contributed by atoms with van der Waals surface area (Å²) in [5, 5.41) is 6.75. The molecule has 0 fully saturated rings. The maximum atomic E-state index is 13.1. The van der Waals surface area contributed by atoms with Crippen molar-refractivity contribution in [2.45, 2.75) is 31.3 Å². The lowest BCUT2D eigenvalue weighted by molar-refractivity contribution is 0.0951. The van der Waals surface area contributed by atoms with Crippen molar-refractivity contribution in [1.82, 2.24) is 10.2 Å². The molecule has 1 unspecified atom stereocenters. The molecule has 7 heteroatoms. The van der Waals surface area contributed by atoms with Crippen LogP contribution in [0.3, 0.4) is 0 Å². The van der Waals surface area contributed by atoms with Gasteiger partial charge < -0.3 is 4.74 Å². The van der Waals surface area contributed by atoms with Crippen molar-refractivity contribution in [1.29, 1.82) is 0 Å². The smallest absolute Gasteiger partial charge is 0.267 e. The third-order valence-corrected chi connectivity index (χ3v) is 6.12. The number of aromatic amines is 1. The summed E-state index contributed by atoms with van der Waals surface area (Å²) >= 11 is 0. The Kier molecular flexibility index (Phi) is 3.70. The number of rotatable bonds is 3. The van der Waals surface area contributed by atoms with E-state index in [1.807, 2.05) is 24.3 Å². The number of nitrogens with zero attached hydrogens (tertiary/aromatic N) is 2. The van der Waals surface area contributed by atoms with E-state index < -0.39 is 10.0 Å². The summed E-state index contributed by atoms with van der Waals surface area (Å²) in [6, 6.07) is 7.48. The minimum atomic E-state index is -3.64. The Morgan fingerprint density at radius 2 is 2.05 bits per heavy atom. The molecule has 0 aliphatic carbocycles. The minimum Gasteiger partial charge on any atom is -0.377 e. The number of anilines is 1. The van der Waals surface area contributed by atoms with Crippen molar-refractivity contribution in [3.05, 3.63) is 41.2 Å². The first-order valence-electron chi connectivity index (χ1n) is 7.13. The first-order chi connectivity index (χ1) is 10.5. The number of hydrogen-bond acceptors (Lipinski definition) is 4. The second-order valence-corrected chi connectivity index (χ2v) is 7.21. The first kappa shape index (κ1) is 15.1. The monoisotopic (exact) mass is 321 g/mol. The Bertz CT molecular complexity index is 779. The molecule has 2 aromatic rings. The Balaban J connectivity index is 2.13. The average Bonchev–Trinajstić information content (AvgIpc) is 2.85. The molecule has 0 amide bonds. The van der Waals surface area contributed by atoms with Crippen LogP contribution in [0.15, 0.2) is 29.2 Å². The average molecular weight is 321 g/mol. The van der Waals surface area contributed by atoms with Gasteiger partial charge in [0.15, 0.2) is 0 Å². The van der Waals surface area contributed by atoms with Gasteiger partial charge in [0.05, 0.1) is 23.2 Å². The van der Waals surface area contributed by atoms with Gasteiger partial charge in [0.2, 0.25) is 0 Å². The number of hydrogen-bond donors (Lipinski definition) is 1. The lowest BCUT2D eigenvalue weighted by atomic mass is 10.0. The third kappa shape index (κ3) is 2.21. The third-order valence-electron chi connectivity index (χ3n) is 4.04. The topological polar surface area (TPSA) is 75.3 Å². The van der Waals surface area contributed by atoms with E-state index in [9.17, 15) is 8.42 Å². The second-order valence-electron chi connectivity index (χ2n) is 5.41. The van der Waals surface area contributed by atoms with Crippen molar-refractivity contribution in [3.63, 3.8) is 0 Å². The molecule has 0 saturated carbocycles. The highest BCUT2D eigenvalue weighted by Crippen LogP contribution is 2.39. The SMILES string of the molecule is COC1CCN(S(=O)(=O)c2c(C)n[nH]c2C)c2ccccc21. The predicted molar refractivity (Wildman–Crippen MR) is 83.4 cm³/mol. The quantitative estimate of drug-likeness (QED) is 0.941. The van der Waals surface area contributed by atoms with Gasteiger partial charge in [0.1, 0.15) is 4.90 Å². The van der Waals surface area contributed by atoms with E-state index in [2.05, 4.69) is 10.2 Å². The molecular formula is C15H19N3O3S. The molecule has 0 saturated heterocycles. The number of aromatic nitrogens is 2. The molecule has 1 atom stereocenters. The van der Waals surface area contributed by atoms with Crippen LogP contribution >= 0.6 is 0 Å². The normalized spacial score (nSPS) is 18.3. The molecule has 0 spiro atoms. The largest absolute Gasteiger partial charge is 0.377 e. The number of methoxy groups -OCH3 is 1. The number of fused-ring (bicyclic) bond motifs is 1. The molecule has 1 N–H and O–H groups in total. The predicted octanol–water partition coefficient (Wildman–Crippen LogP) is 2.31. The van der Waals surface area contributed by atoms with Crippen LogP contribution in [0.4, 0.5) is 5.69 Å². The zero-order valence-corrected chi connectivity index (χ0v) is 13.6. The fourth-order valence-corrected chi connectivity index (χ4v) is 4.87. The summed E-state index contributed by atoms with van der Waals surface area (Å²) in [5.41, 5.74) is 2.63. The van der Waals surface area contributed by atoms with E-state index >= 15 is 0 Å². The molecule has 0 bridgehead atoms. The van der Waals surface area contributed by atoms with Crippen LogP contribution in [-0.2, 0) is 14.8 Å². The molecule has 1 aliphatic rings. The number of para-hydroxylation sites is 1. The molecule has 0 radical (unpaired) electrons. The van der Waals surface area contributed by atoms with E-state index in [-0.39, 0.29) is 11.0 Å². The van der Waals surface area contributed by atoms with E-state index in [1.54, 1.807) is 21.0 Å². The van der Waals surface area contributed by atoms with Gasteiger partial charge in [0, 0.05) is 19.2 Å². The van der Waals surface area contributed by atoms with E-state index in [0.717, 1.165) is 5.56 Å². The van der Waals surface area contributed by atoms with Gasteiger partial charge in [-0.25, -0.2) is 8.42 Å². The number of aryl methyl sites for hydroxylation is 2. The van der Waals surface area contributed by atoms with Crippen molar-refractivity contribution in [2.24, 2.45) is 0 Å². The van der Waals surface area contributed by atoms with Crippen molar-refractivity contribution >= 4 is 15.7 Å². The van der Waals surface area contributed by atoms with E-state index in [1.165, 1.54) is 4.31 Å². The van der Waals surface area contributed by atoms with E-state index in [0.29, 0.717) is 30.0 Å². The number of sulfonamides is 1. The Morgan fingerprint density at radius 3 is 2.68 bits per heavy atom. The summed E-state index contributed by atoms with van der Waals surface area (Å²) in [7, 11) is -1.99. The maximum absolute atomic E-state index is 13.1. The van der Waals surface area contributed by atoms with Crippen molar-refractivity contribution in [3.8, 4) is 0 Å². The highest BCUT2D eigenvalue weighted by Gasteiger charge is 2.35. The number of H-pyrrole nitrogens is 1. The molecular weight excluding hydrogens is 302 g/mol. The van der Waals surface area contributed by atoms with Gasteiger partial charge in [-0.05, 0) is 26.3 Å². The number of nitrogens with one attached hydrogen (secondary N) is 1. The molecule has 2 heterocycles. The molecule has 3 rings (SSSR count). The second kappa shape index (κ2) is 5.40. The van der Waals surface area contributed by atoms with Crippen LogP contribution in [0, 0.1) is 13.8 Å². The van der Waals surface area contributed by atoms with E-state index in [4.69, 9.17) is 4.74 Å². The number of ether oxygens (including phenoxy) is 1. The Morgan fingerprint density at radius 1 is 1.32 bits per heavy atom. The lowest BCUT2D eigenvalue weighted by Crippen LogP contribution is -2.37. The highest BCUT2D eigenvalue weighted by molar-refractivity contribution is 7.93. The molecule has 1 aromatic carbocycles. The zero-order valence-electron chi connectivity index (χ0n) is 12.8. The first-order valence-corrected chi connectivity index (χ1v) is 8.57. The lowest BCUT2D eigenvalue weighted by Gasteiger charge is -2.34. The van der Waals surface area contributed by atoms with Gasteiger partial charge in [-0.15, -0.1) is 0 Å². The zero-order chi connectivity index (χ0) is 15.9. The molecule has 6 nitrogen and oxygen atoms in total. The Hall–Kier alpha value is -1.86. The number of benzene rings is 1. The van der Waals surface area contributed by atoms with Gasteiger partial charge >= 0.3 is 0 Å². The van der Waals surface area contributed by atoms with Crippen LogP contribution in [0.2, 0.25) is 0 Å². The van der Waals surface area contributed by atoms with Gasteiger partial charge in [-0.2, -0.15) is 5.10 Å². The summed E-state index contributed by atoms with van der Waals surface area (Å²) in [4.78, 5) is 0.262. The van der Waals surface area contributed by atoms with Crippen molar-refractivity contribution in [2.75, 3.05) is 18.0 Å². The summed E-state index contributed by atoms with van der Waals surface area (Å²) in [6.07, 6.45) is 0.553. The summed E-state index contributed by atoms with van der Waals surface area (Å²) in [6.45, 7) is 3.81. The van der Waals surface area contributed by atoms with Crippen LogP contribution in [0.5, 0.6) is 0 Å². The van der Waals surface area contributed by atoms with Gasteiger partial charge in [-0.3, -0.25) is 9.40 Å². The Labute approximate surface area is 130 Å². The molecule has 1 aliphatic heterocycles. The summed E-state index contributed by atoms with van der Waals surface area (Å²) in [5.74, 6) is 0. The van der Waals surface area contributed by atoms with Crippen LogP contribution in [-0.4, -0.2) is 32.3 Å². The van der Waals surface area contributed by atoms with Gasteiger partial charge in [-0.1, -0.05) is 18.2 Å². The minimum absolute atomic E-state index is 0.0748. The molecule has 118 valence electrons. The van der Waals surface area contributed by atoms with Gasteiger partial charge in [0.25, 0.3) is 10.0 Å².